The standard InChI is InChI=1S/C12H10O3/c1-7(13)11-5-8-2-3-10(14)4-9(8)6-12(11)15/h2-6,14-15H,1H3. The topological polar surface area (TPSA) is 57.5 Å². The summed E-state index contributed by atoms with van der Waals surface area (Å²) >= 11 is 0. The highest BCUT2D eigenvalue weighted by atomic mass is 16.3. The zero-order chi connectivity index (χ0) is 11.0. The first-order chi connectivity index (χ1) is 7.08. The molecule has 0 aliphatic heterocycles. The number of hydrogen-bond acceptors (Lipinski definition) is 3. The molecule has 0 saturated carbocycles. The Balaban J connectivity index is 2.76. The smallest absolute Gasteiger partial charge is 0.163 e. The normalized spacial score (nSPS) is 10.5. The number of hydrogen-bond donors (Lipinski definition) is 2. The lowest BCUT2D eigenvalue weighted by molar-refractivity contribution is 0.101. The molecule has 0 radical (unpaired) electrons. The summed E-state index contributed by atoms with van der Waals surface area (Å²) in [7, 11) is 0. The fourth-order valence-corrected chi connectivity index (χ4v) is 1.56. The summed E-state index contributed by atoms with van der Waals surface area (Å²) in [5.41, 5.74) is 0.299. The quantitative estimate of drug-likeness (QED) is 0.698. The van der Waals surface area contributed by atoms with Crippen LogP contribution in [-0.4, -0.2) is 16.0 Å². The lowest BCUT2D eigenvalue weighted by Crippen LogP contribution is -1.92. The third-order valence-corrected chi connectivity index (χ3v) is 2.32. The van der Waals surface area contributed by atoms with E-state index in [1.807, 2.05) is 0 Å². The molecule has 2 N–H and O–H groups in total. The van der Waals surface area contributed by atoms with E-state index >= 15 is 0 Å². The van der Waals surface area contributed by atoms with E-state index in [4.69, 9.17) is 0 Å². The van der Waals surface area contributed by atoms with Crippen LogP contribution in [0.4, 0.5) is 0 Å². The molecule has 2 rings (SSSR count). The van der Waals surface area contributed by atoms with Crippen molar-refractivity contribution in [2.75, 3.05) is 0 Å². The van der Waals surface area contributed by atoms with Crippen LogP contribution in [0.25, 0.3) is 10.8 Å². The van der Waals surface area contributed by atoms with Crippen LogP contribution in [0.3, 0.4) is 0 Å². The van der Waals surface area contributed by atoms with Gasteiger partial charge in [-0.25, -0.2) is 0 Å². The molecule has 76 valence electrons. The predicted octanol–water partition coefficient (Wildman–Crippen LogP) is 2.45. The SMILES string of the molecule is CC(=O)c1cc2ccc(O)cc2cc1O. The van der Waals surface area contributed by atoms with Crippen molar-refractivity contribution in [3.05, 3.63) is 35.9 Å². The summed E-state index contributed by atoms with van der Waals surface area (Å²) in [5.74, 6) is -0.0967. The summed E-state index contributed by atoms with van der Waals surface area (Å²) in [4.78, 5) is 11.2. The van der Waals surface area contributed by atoms with E-state index in [1.54, 1.807) is 24.3 Å². The fraction of sp³-hybridized carbons (Fsp3) is 0.0833. The van der Waals surface area contributed by atoms with Crippen LogP contribution in [0.15, 0.2) is 30.3 Å². The molecule has 2 aromatic carbocycles. The van der Waals surface area contributed by atoms with Crippen molar-refractivity contribution in [3.8, 4) is 11.5 Å². The Labute approximate surface area is 86.6 Å². The van der Waals surface area contributed by atoms with E-state index in [0.717, 1.165) is 5.39 Å². The van der Waals surface area contributed by atoms with Gasteiger partial charge in [-0.2, -0.15) is 0 Å². The minimum absolute atomic E-state index is 0.0550. The molecule has 0 heterocycles. The van der Waals surface area contributed by atoms with Crippen LogP contribution in [-0.2, 0) is 0 Å². The molecule has 3 nitrogen and oxygen atoms in total. The number of benzene rings is 2. The number of phenolic OH excluding ortho intramolecular Hbond substituents is 2. The first-order valence-corrected chi connectivity index (χ1v) is 4.54. The van der Waals surface area contributed by atoms with Crippen molar-refractivity contribution in [2.45, 2.75) is 6.92 Å². The largest absolute Gasteiger partial charge is 0.508 e. The summed E-state index contributed by atoms with van der Waals surface area (Å²) < 4.78 is 0. The Morgan fingerprint density at radius 1 is 1.07 bits per heavy atom. The molecule has 15 heavy (non-hydrogen) atoms. The number of ketones is 1. The zero-order valence-corrected chi connectivity index (χ0v) is 8.19. The number of carbonyl (C=O) groups is 1. The average molecular weight is 202 g/mol. The minimum atomic E-state index is -0.178. The average Bonchev–Trinajstić information content (AvgIpc) is 2.15. The van der Waals surface area contributed by atoms with Crippen LogP contribution in [0.5, 0.6) is 11.5 Å². The van der Waals surface area contributed by atoms with Gasteiger partial charge in [0.15, 0.2) is 5.78 Å². The van der Waals surface area contributed by atoms with Crippen molar-refractivity contribution >= 4 is 16.6 Å². The Hall–Kier alpha value is -2.03. The van der Waals surface area contributed by atoms with E-state index in [9.17, 15) is 15.0 Å². The maximum atomic E-state index is 11.2. The maximum absolute atomic E-state index is 11.2. The first kappa shape index (κ1) is 9.52. The van der Waals surface area contributed by atoms with E-state index in [1.165, 1.54) is 13.0 Å². The van der Waals surface area contributed by atoms with Gasteiger partial charge in [0.25, 0.3) is 0 Å². The lowest BCUT2D eigenvalue weighted by Gasteiger charge is -2.04. The second-order valence-corrected chi connectivity index (χ2v) is 3.46. The second kappa shape index (κ2) is 3.28. The second-order valence-electron chi connectivity index (χ2n) is 3.46. The molecule has 0 amide bonds. The Kier molecular flexibility index (Phi) is 2.08. The Morgan fingerprint density at radius 3 is 2.47 bits per heavy atom. The highest BCUT2D eigenvalue weighted by Gasteiger charge is 2.08. The van der Waals surface area contributed by atoms with E-state index in [-0.39, 0.29) is 17.3 Å². The maximum Gasteiger partial charge on any atom is 0.163 e. The number of fused-ring (bicyclic) bond motifs is 1. The molecule has 2 aromatic rings. The minimum Gasteiger partial charge on any atom is -0.508 e. The third kappa shape index (κ3) is 1.64. The predicted molar refractivity (Wildman–Crippen MR) is 57.3 cm³/mol. The van der Waals surface area contributed by atoms with Gasteiger partial charge < -0.3 is 10.2 Å². The van der Waals surface area contributed by atoms with Crippen molar-refractivity contribution in [2.24, 2.45) is 0 Å². The molecule has 0 bridgehead atoms. The molecule has 0 saturated heterocycles. The van der Waals surface area contributed by atoms with Crippen LogP contribution in [0.2, 0.25) is 0 Å². The highest BCUT2D eigenvalue weighted by molar-refractivity contribution is 6.01. The van der Waals surface area contributed by atoms with Crippen LogP contribution in [0.1, 0.15) is 17.3 Å². The summed E-state index contributed by atoms with van der Waals surface area (Å²) in [6.07, 6.45) is 0. The molecule has 0 spiro atoms. The van der Waals surface area contributed by atoms with Crippen molar-refractivity contribution in [3.63, 3.8) is 0 Å². The van der Waals surface area contributed by atoms with Gasteiger partial charge in [0.1, 0.15) is 11.5 Å². The van der Waals surface area contributed by atoms with E-state index in [0.29, 0.717) is 10.9 Å². The lowest BCUT2D eigenvalue weighted by atomic mass is 10.0. The number of aromatic hydroxyl groups is 2. The molecule has 0 unspecified atom stereocenters. The monoisotopic (exact) mass is 202 g/mol. The van der Waals surface area contributed by atoms with Gasteiger partial charge in [-0.15, -0.1) is 0 Å². The third-order valence-electron chi connectivity index (χ3n) is 2.32. The van der Waals surface area contributed by atoms with Gasteiger partial charge >= 0.3 is 0 Å². The molecule has 0 aromatic heterocycles. The van der Waals surface area contributed by atoms with Crippen molar-refractivity contribution in [1.82, 2.24) is 0 Å². The zero-order valence-electron chi connectivity index (χ0n) is 8.19. The van der Waals surface area contributed by atoms with Crippen molar-refractivity contribution in [1.29, 1.82) is 0 Å². The first-order valence-electron chi connectivity index (χ1n) is 4.54. The summed E-state index contributed by atoms with van der Waals surface area (Å²) in [5, 5.41) is 20.3. The highest BCUT2D eigenvalue weighted by Crippen LogP contribution is 2.27. The molecule has 0 atom stereocenters. The van der Waals surface area contributed by atoms with Gasteiger partial charge in [-0.05, 0) is 42.0 Å². The molecule has 0 fully saturated rings. The van der Waals surface area contributed by atoms with Crippen LogP contribution in [0, 0.1) is 0 Å². The molecular weight excluding hydrogens is 192 g/mol. The van der Waals surface area contributed by atoms with Gasteiger partial charge in [0, 0.05) is 0 Å². The molecule has 0 aliphatic carbocycles. The van der Waals surface area contributed by atoms with Gasteiger partial charge in [-0.3, -0.25) is 4.79 Å². The van der Waals surface area contributed by atoms with Gasteiger partial charge in [0.05, 0.1) is 5.56 Å². The number of Topliss-reactive ketones (excluding diaryl/α,β-unsaturated/α-hetero) is 1. The summed E-state index contributed by atoms with van der Waals surface area (Å²) in [6.45, 7) is 1.40. The summed E-state index contributed by atoms with van der Waals surface area (Å²) in [6, 6.07) is 7.89. The number of rotatable bonds is 1. The number of carbonyl (C=O) groups excluding carboxylic acids is 1. The molecular formula is C12H10O3. The molecule has 3 heteroatoms. The fourth-order valence-electron chi connectivity index (χ4n) is 1.56. The Bertz CT molecular complexity index is 544. The number of phenols is 2. The van der Waals surface area contributed by atoms with Gasteiger partial charge in [-0.1, -0.05) is 6.07 Å². The van der Waals surface area contributed by atoms with Gasteiger partial charge in [0.2, 0.25) is 0 Å². The van der Waals surface area contributed by atoms with Crippen LogP contribution >= 0.6 is 0 Å². The van der Waals surface area contributed by atoms with E-state index < -0.39 is 0 Å². The van der Waals surface area contributed by atoms with Crippen LogP contribution < -0.4 is 0 Å². The van der Waals surface area contributed by atoms with Crippen molar-refractivity contribution < 1.29 is 15.0 Å². The Morgan fingerprint density at radius 2 is 1.80 bits per heavy atom. The molecule has 0 aliphatic rings. The van der Waals surface area contributed by atoms with E-state index in [2.05, 4.69) is 0 Å².